The maximum Gasteiger partial charge on any atom is 0.317 e. The molecule has 0 aliphatic carbocycles. The monoisotopic (exact) mass is 318 g/mol. The summed E-state index contributed by atoms with van der Waals surface area (Å²) in [6, 6.07) is 10.6. The van der Waals surface area contributed by atoms with Crippen molar-refractivity contribution < 1.29 is 14.3 Å². The van der Waals surface area contributed by atoms with Gasteiger partial charge in [0, 0.05) is 19.7 Å². The number of amides is 2. The summed E-state index contributed by atoms with van der Waals surface area (Å²) in [4.78, 5) is 14.3. The van der Waals surface area contributed by atoms with Crippen molar-refractivity contribution in [1.29, 1.82) is 0 Å². The Hall–Kier alpha value is -1.59. The second kappa shape index (κ2) is 7.79. The van der Waals surface area contributed by atoms with Gasteiger partial charge in [-0.1, -0.05) is 30.3 Å². The Bertz CT molecular complexity index is 508. The van der Waals surface area contributed by atoms with Crippen LogP contribution in [0.4, 0.5) is 4.79 Å². The van der Waals surface area contributed by atoms with Crippen molar-refractivity contribution in [2.45, 2.75) is 44.4 Å². The summed E-state index contributed by atoms with van der Waals surface area (Å²) in [5.41, 5.74) is 1.31. The number of aryl methyl sites for hydroxylation is 1. The number of benzene rings is 1. The van der Waals surface area contributed by atoms with E-state index >= 15 is 0 Å². The number of carbonyl (C=O) groups is 1. The quantitative estimate of drug-likeness (QED) is 0.926. The summed E-state index contributed by atoms with van der Waals surface area (Å²) in [5.74, 6) is 0. The maximum atomic E-state index is 12.4. The lowest BCUT2D eigenvalue weighted by molar-refractivity contribution is -0.0182. The average molecular weight is 318 g/mol. The molecular weight excluding hydrogens is 292 g/mol. The van der Waals surface area contributed by atoms with Crippen molar-refractivity contribution in [3.05, 3.63) is 35.9 Å². The van der Waals surface area contributed by atoms with Crippen LogP contribution in [0.1, 0.15) is 25.3 Å². The molecule has 1 aromatic rings. The normalized spacial score (nSPS) is 27.9. The lowest BCUT2D eigenvalue weighted by atomic mass is 10.1. The Kier molecular flexibility index (Phi) is 5.51. The molecule has 23 heavy (non-hydrogen) atoms. The smallest absolute Gasteiger partial charge is 0.317 e. The van der Waals surface area contributed by atoms with Crippen molar-refractivity contribution in [1.82, 2.24) is 10.2 Å². The first kappa shape index (κ1) is 16.3. The molecule has 1 aromatic carbocycles. The second-order valence-electron chi connectivity index (χ2n) is 6.38. The molecule has 0 spiro atoms. The molecule has 0 radical (unpaired) electrons. The molecule has 2 aliphatic heterocycles. The van der Waals surface area contributed by atoms with Gasteiger partial charge in [-0.15, -0.1) is 0 Å². The highest BCUT2D eigenvalue weighted by molar-refractivity contribution is 5.74. The third-order valence-corrected chi connectivity index (χ3v) is 4.71. The molecule has 2 heterocycles. The fourth-order valence-corrected chi connectivity index (χ4v) is 3.22. The zero-order chi connectivity index (χ0) is 16.1. The largest absolute Gasteiger partial charge is 0.376 e. The lowest BCUT2D eigenvalue weighted by Gasteiger charge is -2.34. The number of morpholine rings is 1. The number of nitrogens with zero attached hydrogens (tertiary/aromatic N) is 1. The van der Waals surface area contributed by atoms with Gasteiger partial charge in [-0.05, 0) is 31.7 Å². The fraction of sp³-hybridized carbons (Fsp3) is 0.611. The highest BCUT2D eigenvalue weighted by Crippen LogP contribution is 2.15. The molecule has 3 rings (SSSR count). The lowest BCUT2D eigenvalue weighted by Crippen LogP contribution is -2.53. The summed E-state index contributed by atoms with van der Waals surface area (Å²) in [6.45, 7) is 4.69. The third-order valence-electron chi connectivity index (χ3n) is 4.71. The van der Waals surface area contributed by atoms with Crippen molar-refractivity contribution in [3.8, 4) is 0 Å². The highest BCUT2D eigenvalue weighted by Gasteiger charge is 2.29. The first-order valence-corrected chi connectivity index (χ1v) is 8.55. The van der Waals surface area contributed by atoms with Gasteiger partial charge in [0.2, 0.25) is 0 Å². The Balaban J connectivity index is 1.46. The van der Waals surface area contributed by atoms with Crippen LogP contribution >= 0.6 is 0 Å². The van der Waals surface area contributed by atoms with E-state index in [2.05, 4.69) is 29.6 Å². The molecule has 0 saturated carbocycles. The van der Waals surface area contributed by atoms with E-state index in [4.69, 9.17) is 9.47 Å². The van der Waals surface area contributed by atoms with E-state index < -0.39 is 0 Å². The molecule has 2 saturated heterocycles. The molecule has 5 nitrogen and oxygen atoms in total. The molecule has 2 amide bonds. The van der Waals surface area contributed by atoms with E-state index in [9.17, 15) is 4.79 Å². The molecule has 2 aliphatic rings. The molecule has 0 bridgehead atoms. The number of carbonyl (C=O) groups excluding carboxylic acids is 1. The van der Waals surface area contributed by atoms with Crippen LogP contribution in [0.3, 0.4) is 0 Å². The Morgan fingerprint density at radius 1 is 1.26 bits per heavy atom. The van der Waals surface area contributed by atoms with Crippen molar-refractivity contribution >= 4 is 6.03 Å². The zero-order valence-electron chi connectivity index (χ0n) is 13.7. The highest BCUT2D eigenvalue weighted by atomic mass is 16.5. The van der Waals surface area contributed by atoms with E-state index in [1.807, 2.05) is 17.9 Å². The Morgan fingerprint density at radius 2 is 2.09 bits per heavy atom. The van der Waals surface area contributed by atoms with Gasteiger partial charge >= 0.3 is 6.03 Å². The van der Waals surface area contributed by atoms with Crippen LogP contribution in [0.25, 0.3) is 0 Å². The van der Waals surface area contributed by atoms with Gasteiger partial charge < -0.3 is 19.7 Å². The molecule has 126 valence electrons. The predicted molar refractivity (Wildman–Crippen MR) is 88.4 cm³/mol. The molecule has 5 heteroatoms. The van der Waals surface area contributed by atoms with E-state index in [0.717, 1.165) is 25.9 Å². The Labute approximate surface area is 137 Å². The van der Waals surface area contributed by atoms with E-state index in [0.29, 0.717) is 19.7 Å². The molecule has 2 fully saturated rings. The number of ether oxygens (including phenoxy) is 2. The van der Waals surface area contributed by atoms with Gasteiger partial charge in [-0.25, -0.2) is 4.79 Å². The molecule has 1 N–H and O–H groups in total. The Morgan fingerprint density at radius 3 is 2.83 bits per heavy atom. The van der Waals surface area contributed by atoms with Gasteiger partial charge in [-0.2, -0.15) is 0 Å². The zero-order valence-corrected chi connectivity index (χ0v) is 13.7. The number of hydrogen-bond donors (Lipinski definition) is 1. The van der Waals surface area contributed by atoms with Crippen LogP contribution in [0, 0.1) is 0 Å². The average Bonchev–Trinajstić information content (AvgIpc) is 2.99. The van der Waals surface area contributed by atoms with Crippen LogP contribution in [0.5, 0.6) is 0 Å². The van der Waals surface area contributed by atoms with Gasteiger partial charge in [0.15, 0.2) is 0 Å². The van der Waals surface area contributed by atoms with Gasteiger partial charge in [0.1, 0.15) is 0 Å². The van der Waals surface area contributed by atoms with Crippen molar-refractivity contribution in [2.75, 3.05) is 26.3 Å². The van der Waals surface area contributed by atoms with Gasteiger partial charge in [-0.3, -0.25) is 0 Å². The predicted octanol–water partition coefficient (Wildman–Crippen LogP) is 2.21. The number of rotatable bonds is 4. The first-order chi connectivity index (χ1) is 11.2. The van der Waals surface area contributed by atoms with Crippen molar-refractivity contribution in [3.63, 3.8) is 0 Å². The van der Waals surface area contributed by atoms with Gasteiger partial charge in [0.25, 0.3) is 0 Å². The van der Waals surface area contributed by atoms with E-state index in [1.165, 1.54) is 5.56 Å². The summed E-state index contributed by atoms with van der Waals surface area (Å²) >= 11 is 0. The van der Waals surface area contributed by atoms with Crippen LogP contribution in [-0.4, -0.2) is 55.5 Å². The minimum Gasteiger partial charge on any atom is -0.376 e. The van der Waals surface area contributed by atoms with Crippen LogP contribution in [0.15, 0.2) is 30.3 Å². The first-order valence-electron chi connectivity index (χ1n) is 8.55. The SMILES string of the molecule is C[C@@H]1OCC[C@@H]1NC(=O)N1CCO[C@H](CCc2ccccc2)C1. The summed E-state index contributed by atoms with van der Waals surface area (Å²) < 4.78 is 11.3. The minimum absolute atomic E-state index is 0.0142. The van der Waals surface area contributed by atoms with Crippen LogP contribution in [-0.2, 0) is 15.9 Å². The fourth-order valence-electron chi connectivity index (χ4n) is 3.22. The van der Waals surface area contributed by atoms with E-state index in [-0.39, 0.29) is 24.3 Å². The van der Waals surface area contributed by atoms with Crippen LogP contribution in [0.2, 0.25) is 0 Å². The summed E-state index contributed by atoms with van der Waals surface area (Å²) in [5, 5.41) is 3.10. The molecule has 3 atom stereocenters. The molecule has 0 unspecified atom stereocenters. The van der Waals surface area contributed by atoms with Crippen molar-refractivity contribution in [2.24, 2.45) is 0 Å². The summed E-state index contributed by atoms with van der Waals surface area (Å²) in [6.07, 6.45) is 3.04. The number of urea groups is 1. The number of nitrogens with one attached hydrogen (secondary N) is 1. The van der Waals surface area contributed by atoms with Gasteiger partial charge in [0.05, 0.1) is 24.9 Å². The minimum atomic E-state index is 0.0142. The molecule has 0 aromatic heterocycles. The molecular formula is C18H26N2O3. The second-order valence-corrected chi connectivity index (χ2v) is 6.38. The topological polar surface area (TPSA) is 50.8 Å². The third kappa shape index (κ3) is 4.45. The number of hydrogen-bond acceptors (Lipinski definition) is 3. The maximum absolute atomic E-state index is 12.4. The summed E-state index contributed by atoms with van der Waals surface area (Å²) in [7, 11) is 0. The van der Waals surface area contributed by atoms with Crippen LogP contribution < -0.4 is 5.32 Å². The van der Waals surface area contributed by atoms with E-state index in [1.54, 1.807) is 0 Å². The standard InChI is InChI=1S/C18H26N2O3/c1-14-17(9-11-22-14)19-18(21)20-10-12-23-16(13-20)8-7-15-5-3-2-4-6-15/h2-6,14,16-17H,7-13H2,1H3,(H,19,21)/t14-,16+,17-/m0/s1.